The lowest BCUT2D eigenvalue weighted by molar-refractivity contribution is -0.138. The fraction of sp³-hybridized carbons (Fsp3) is 0.273. The maximum Gasteiger partial charge on any atom is 0.310 e. The van der Waals surface area contributed by atoms with Gasteiger partial charge in [0.05, 0.1) is 11.4 Å². The molecule has 2 aromatic rings. The molecular weight excluding hydrogens is 272 g/mol. The summed E-state index contributed by atoms with van der Waals surface area (Å²) in [5.41, 5.74) is 1.72. The Labute approximate surface area is 101 Å². The minimum Gasteiger partial charge on any atom is -0.481 e. The van der Waals surface area contributed by atoms with E-state index in [1.54, 1.807) is 11.6 Å². The fourth-order valence-electron chi connectivity index (χ4n) is 1.64. The molecule has 1 N–H and O–H groups in total. The van der Waals surface area contributed by atoms with Crippen molar-refractivity contribution in [2.75, 3.05) is 0 Å². The van der Waals surface area contributed by atoms with Crippen LogP contribution in [0.2, 0.25) is 0 Å². The molecule has 84 valence electrons. The van der Waals surface area contributed by atoms with Gasteiger partial charge in [0.1, 0.15) is 4.60 Å². The molecule has 0 radical (unpaired) electrons. The summed E-state index contributed by atoms with van der Waals surface area (Å²) in [6, 6.07) is 5.58. The smallest absolute Gasteiger partial charge is 0.310 e. The Morgan fingerprint density at radius 2 is 2.25 bits per heavy atom. The first-order chi connectivity index (χ1) is 7.50. The first kappa shape index (κ1) is 11.1. The second-order valence-corrected chi connectivity index (χ2v) is 4.50. The second-order valence-electron chi connectivity index (χ2n) is 3.75. The number of aromatic nitrogens is 2. The first-order valence-electron chi connectivity index (χ1n) is 4.85. The van der Waals surface area contributed by atoms with Crippen molar-refractivity contribution in [1.82, 2.24) is 9.78 Å². The minimum absolute atomic E-state index is 0.502. The highest BCUT2D eigenvalue weighted by Gasteiger charge is 2.15. The SMILES string of the molecule is CC(C(=O)O)c1ccc2c(Br)nn(C)c2c1. The lowest BCUT2D eigenvalue weighted by Gasteiger charge is -2.06. The average molecular weight is 283 g/mol. The number of carboxylic acid groups (broad SMARTS) is 1. The van der Waals surface area contributed by atoms with Crippen LogP contribution in [0, 0.1) is 0 Å². The van der Waals surface area contributed by atoms with E-state index in [0.29, 0.717) is 0 Å². The van der Waals surface area contributed by atoms with E-state index in [2.05, 4.69) is 21.0 Å². The normalized spacial score (nSPS) is 12.9. The zero-order chi connectivity index (χ0) is 11.9. The van der Waals surface area contributed by atoms with E-state index in [4.69, 9.17) is 5.11 Å². The number of halogens is 1. The van der Waals surface area contributed by atoms with Gasteiger partial charge in [-0.1, -0.05) is 6.07 Å². The molecule has 5 heteroatoms. The van der Waals surface area contributed by atoms with Gasteiger partial charge in [-0.05, 0) is 40.5 Å². The van der Waals surface area contributed by atoms with Gasteiger partial charge in [-0.15, -0.1) is 0 Å². The predicted molar refractivity (Wildman–Crippen MR) is 64.5 cm³/mol. The van der Waals surface area contributed by atoms with Gasteiger partial charge in [-0.25, -0.2) is 0 Å². The molecule has 1 unspecified atom stereocenters. The van der Waals surface area contributed by atoms with E-state index >= 15 is 0 Å². The fourth-order valence-corrected chi connectivity index (χ4v) is 2.22. The number of nitrogens with zero attached hydrogens (tertiary/aromatic N) is 2. The Morgan fingerprint density at radius 3 is 2.88 bits per heavy atom. The van der Waals surface area contributed by atoms with Gasteiger partial charge in [0.25, 0.3) is 0 Å². The molecule has 0 saturated heterocycles. The van der Waals surface area contributed by atoms with Gasteiger partial charge in [0.15, 0.2) is 0 Å². The number of carbonyl (C=O) groups is 1. The van der Waals surface area contributed by atoms with Crippen LogP contribution in [-0.4, -0.2) is 20.9 Å². The summed E-state index contributed by atoms with van der Waals surface area (Å²) < 4.78 is 2.51. The highest BCUT2D eigenvalue weighted by atomic mass is 79.9. The number of rotatable bonds is 2. The first-order valence-corrected chi connectivity index (χ1v) is 5.65. The Kier molecular flexibility index (Phi) is 2.71. The number of aryl methyl sites for hydroxylation is 1. The molecule has 0 fully saturated rings. The molecule has 1 aromatic carbocycles. The molecule has 1 heterocycles. The van der Waals surface area contributed by atoms with Crippen LogP contribution in [-0.2, 0) is 11.8 Å². The van der Waals surface area contributed by atoms with Crippen molar-refractivity contribution >= 4 is 32.8 Å². The van der Waals surface area contributed by atoms with Crippen LogP contribution >= 0.6 is 15.9 Å². The Balaban J connectivity index is 2.60. The van der Waals surface area contributed by atoms with Gasteiger partial charge in [-0.3, -0.25) is 9.48 Å². The molecule has 0 bridgehead atoms. The van der Waals surface area contributed by atoms with E-state index in [1.807, 2.05) is 25.2 Å². The van der Waals surface area contributed by atoms with Crippen molar-refractivity contribution in [2.45, 2.75) is 12.8 Å². The van der Waals surface area contributed by atoms with E-state index in [1.165, 1.54) is 0 Å². The molecule has 0 amide bonds. The topological polar surface area (TPSA) is 55.1 Å². The highest BCUT2D eigenvalue weighted by molar-refractivity contribution is 9.10. The van der Waals surface area contributed by atoms with Crippen molar-refractivity contribution in [3.63, 3.8) is 0 Å². The number of carboxylic acids is 1. The van der Waals surface area contributed by atoms with Crippen molar-refractivity contribution in [3.8, 4) is 0 Å². The molecule has 0 aliphatic heterocycles. The summed E-state index contributed by atoms with van der Waals surface area (Å²) in [6.45, 7) is 1.68. The molecule has 0 saturated carbocycles. The third kappa shape index (κ3) is 1.71. The second kappa shape index (κ2) is 3.90. The molecule has 1 atom stereocenters. The summed E-state index contributed by atoms with van der Waals surface area (Å²) in [5, 5.41) is 14.2. The maximum atomic E-state index is 10.9. The number of hydrogen-bond donors (Lipinski definition) is 1. The Morgan fingerprint density at radius 1 is 1.56 bits per heavy atom. The summed E-state index contributed by atoms with van der Waals surface area (Å²) in [5.74, 6) is -1.32. The summed E-state index contributed by atoms with van der Waals surface area (Å²) in [4.78, 5) is 10.9. The number of fused-ring (bicyclic) bond motifs is 1. The molecule has 4 nitrogen and oxygen atoms in total. The van der Waals surface area contributed by atoms with Crippen LogP contribution in [0.25, 0.3) is 10.9 Å². The summed E-state index contributed by atoms with van der Waals surface area (Å²) >= 11 is 3.36. The largest absolute Gasteiger partial charge is 0.481 e. The molecule has 0 aliphatic carbocycles. The van der Waals surface area contributed by atoms with Crippen LogP contribution in [0.1, 0.15) is 18.4 Å². The predicted octanol–water partition coefficient (Wildman–Crippen LogP) is 2.52. The molecule has 16 heavy (non-hydrogen) atoms. The maximum absolute atomic E-state index is 10.9. The van der Waals surface area contributed by atoms with E-state index in [-0.39, 0.29) is 0 Å². The van der Waals surface area contributed by atoms with Crippen molar-refractivity contribution < 1.29 is 9.90 Å². The zero-order valence-corrected chi connectivity index (χ0v) is 10.5. The molecule has 2 rings (SSSR count). The standard InChI is InChI=1S/C11H11BrN2O2/c1-6(11(15)16)7-3-4-8-9(5-7)14(2)13-10(8)12/h3-6H,1-2H3,(H,15,16). The Hall–Kier alpha value is -1.36. The van der Waals surface area contributed by atoms with E-state index in [9.17, 15) is 4.79 Å². The lowest BCUT2D eigenvalue weighted by atomic mass is 10.0. The monoisotopic (exact) mass is 282 g/mol. The number of hydrogen-bond acceptors (Lipinski definition) is 2. The number of benzene rings is 1. The minimum atomic E-state index is -0.819. The van der Waals surface area contributed by atoms with Crippen molar-refractivity contribution in [1.29, 1.82) is 0 Å². The van der Waals surface area contributed by atoms with Crippen LogP contribution in [0.4, 0.5) is 0 Å². The van der Waals surface area contributed by atoms with Gasteiger partial charge < -0.3 is 5.11 Å². The zero-order valence-electron chi connectivity index (χ0n) is 8.94. The van der Waals surface area contributed by atoms with E-state index in [0.717, 1.165) is 21.1 Å². The van der Waals surface area contributed by atoms with Crippen molar-refractivity contribution in [3.05, 3.63) is 28.4 Å². The molecule has 1 aromatic heterocycles. The van der Waals surface area contributed by atoms with E-state index < -0.39 is 11.9 Å². The van der Waals surface area contributed by atoms with Crippen LogP contribution in [0.5, 0.6) is 0 Å². The van der Waals surface area contributed by atoms with Crippen LogP contribution in [0.15, 0.2) is 22.8 Å². The highest BCUT2D eigenvalue weighted by Crippen LogP contribution is 2.26. The van der Waals surface area contributed by atoms with Crippen LogP contribution < -0.4 is 0 Å². The quantitative estimate of drug-likeness (QED) is 0.921. The molecule has 0 spiro atoms. The van der Waals surface area contributed by atoms with Gasteiger partial charge in [0, 0.05) is 12.4 Å². The number of aliphatic carboxylic acids is 1. The average Bonchev–Trinajstić information content (AvgIpc) is 2.53. The van der Waals surface area contributed by atoms with Crippen LogP contribution in [0.3, 0.4) is 0 Å². The lowest BCUT2D eigenvalue weighted by Crippen LogP contribution is -2.07. The molecule has 0 aliphatic rings. The van der Waals surface area contributed by atoms with Crippen molar-refractivity contribution in [2.24, 2.45) is 7.05 Å². The summed E-state index contributed by atoms with van der Waals surface area (Å²) in [7, 11) is 1.84. The van der Waals surface area contributed by atoms with Gasteiger partial charge in [-0.2, -0.15) is 5.10 Å². The van der Waals surface area contributed by atoms with Gasteiger partial charge in [0.2, 0.25) is 0 Å². The molecular formula is C11H11BrN2O2. The summed E-state index contributed by atoms with van der Waals surface area (Å²) in [6.07, 6.45) is 0. The third-order valence-corrected chi connectivity index (χ3v) is 3.29. The Bertz CT molecular complexity index is 562. The third-order valence-electron chi connectivity index (χ3n) is 2.70. The van der Waals surface area contributed by atoms with Gasteiger partial charge >= 0.3 is 5.97 Å².